The second-order valence-electron chi connectivity index (χ2n) is 5.29. The van der Waals surface area contributed by atoms with E-state index >= 15 is 0 Å². The van der Waals surface area contributed by atoms with Gasteiger partial charge in [0.05, 0.1) is 10.6 Å². The van der Waals surface area contributed by atoms with Crippen molar-refractivity contribution in [1.29, 1.82) is 0 Å². The molecule has 1 aromatic heterocycles. The molecule has 0 aliphatic carbocycles. The second-order valence-corrected chi connectivity index (χ2v) is 6.29. The van der Waals surface area contributed by atoms with Crippen LogP contribution in [0.4, 0.5) is 0 Å². The Balaban J connectivity index is 1.91. The first-order valence-electron chi connectivity index (χ1n) is 7.59. The third-order valence-corrected chi connectivity index (χ3v) is 4.88. The molecule has 110 valence electrons. The van der Waals surface area contributed by atoms with E-state index in [4.69, 9.17) is 4.98 Å². The molecule has 0 unspecified atom stereocenters. The minimum atomic E-state index is 1.06. The van der Waals surface area contributed by atoms with Gasteiger partial charge >= 0.3 is 0 Å². The predicted octanol–water partition coefficient (Wildman–Crippen LogP) is 6.14. The van der Waals surface area contributed by atoms with E-state index in [0.717, 1.165) is 21.8 Å². The van der Waals surface area contributed by atoms with E-state index < -0.39 is 0 Å². The minimum absolute atomic E-state index is 1.06. The molecule has 0 saturated carbocycles. The summed E-state index contributed by atoms with van der Waals surface area (Å²) in [7, 11) is 0. The van der Waals surface area contributed by atoms with Crippen molar-refractivity contribution >= 4 is 11.3 Å². The molecule has 2 heteroatoms. The molecular weight excluding hydrogens is 298 g/mol. The summed E-state index contributed by atoms with van der Waals surface area (Å²) in [6.45, 7) is 0. The standard InChI is InChI=1S/C21H15NS/c1-4-10-16(11-5-1)19-20(17-12-6-2-7-13-17)23-21(22-19)18-14-8-3-9-15-18/h1-15H. The lowest BCUT2D eigenvalue weighted by Crippen LogP contribution is -1.82. The topological polar surface area (TPSA) is 12.9 Å². The predicted molar refractivity (Wildman–Crippen MR) is 98.4 cm³/mol. The SMILES string of the molecule is c1ccc(-c2nc(-c3ccccc3)c(-c3ccccc3)s2)cc1. The summed E-state index contributed by atoms with van der Waals surface area (Å²) in [6, 6.07) is 31.3. The first-order chi connectivity index (χ1) is 11.4. The summed E-state index contributed by atoms with van der Waals surface area (Å²) in [4.78, 5) is 6.16. The van der Waals surface area contributed by atoms with Crippen LogP contribution in [0.15, 0.2) is 91.0 Å². The van der Waals surface area contributed by atoms with E-state index in [0.29, 0.717) is 0 Å². The molecule has 0 saturated heterocycles. The lowest BCUT2D eigenvalue weighted by atomic mass is 10.1. The normalized spacial score (nSPS) is 10.6. The Labute approximate surface area is 139 Å². The highest BCUT2D eigenvalue weighted by molar-refractivity contribution is 7.19. The van der Waals surface area contributed by atoms with Gasteiger partial charge in [0.2, 0.25) is 0 Å². The van der Waals surface area contributed by atoms with E-state index in [1.165, 1.54) is 10.4 Å². The molecular formula is C21H15NS. The summed E-state index contributed by atoms with van der Waals surface area (Å²) in [5.41, 5.74) is 4.59. The average molecular weight is 313 g/mol. The molecule has 0 bridgehead atoms. The van der Waals surface area contributed by atoms with Crippen LogP contribution in [0.25, 0.3) is 32.3 Å². The third kappa shape index (κ3) is 2.81. The second kappa shape index (κ2) is 6.19. The van der Waals surface area contributed by atoms with E-state index in [1.54, 1.807) is 11.3 Å². The van der Waals surface area contributed by atoms with Crippen molar-refractivity contribution in [2.45, 2.75) is 0 Å². The van der Waals surface area contributed by atoms with Gasteiger partial charge in [-0.25, -0.2) is 4.98 Å². The van der Waals surface area contributed by atoms with E-state index in [9.17, 15) is 0 Å². The fraction of sp³-hybridized carbons (Fsp3) is 0. The highest BCUT2D eigenvalue weighted by Gasteiger charge is 2.15. The van der Waals surface area contributed by atoms with Crippen molar-refractivity contribution in [2.24, 2.45) is 0 Å². The van der Waals surface area contributed by atoms with Gasteiger partial charge in [-0.05, 0) is 5.56 Å². The molecule has 0 aliphatic rings. The van der Waals surface area contributed by atoms with Crippen LogP contribution in [-0.4, -0.2) is 4.98 Å². The third-order valence-electron chi connectivity index (χ3n) is 3.73. The maximum atomic E-state index is 4.95. The summed E-state index contributed by atoms with van der Waals surface area (Å²) in [5.74, 6) is 0. The fourth-order valence-electron chi connectivity index (χ4n) is 2.60. The van der Waals surface area contributed by atoms with Gasteiger partial charge in [-0.1, -0.05) is 91.0 Å². The fourth-order valence-corrected chi connectivity index (χ4v) is 3.70. The van der Waals surface area contributed by atoms with Gasteiger partial charge < -0.3 is 0 Å². The molecule has 4 rings (SSSR count). The van der Waals surface area contributed by atoms with Crippen LogP contribution in [0.2, 0.25) is 0 Å². The Kier molecular flexibility index (Phi) is 3.75. The van der Waals surface area contributed by atoms with Crippen LogP contribution in [-0.2, 0) is 0 Å². The van der Waals surface area contributed by atoms with Crippen LogP contribution in [0, 0.1) is 0 Å². The monoisotopic (exact) mass is 313 g/mol. The van der Waals surface area contributed by atoms with E-state index in [1.807, 2.05) is 18.2 Å². The number of hydrogen-bond donors (Lipinski definition) is 0. The highest BCUT2D eigenvalue weighted by Crippen LogP contribution is 2.40. The van der Waals surface area contributed by atoms with Gasteiger partial charge in [0, 0.05) is 11.1 Å². The van der Waals surface area contributed by atoms with Gasteiger partial charge in [0.1, 0.15) is 5.01 Å². The van der Waals surface area contributed by atoms with Crippen molar-refractivity contribution in [3.8, 4) is 32.3 Å². The van der Waals surface area contributed by atoms with Gasteiger partial charge in [-0.3, -0.25) is 0 Å². The summed E-state index contributed by atoms with van der Waals surface area (Å²) >= 11 is 1.75. The van der Waals surface area contributed by atoms with Gasteiger partial charge in [-0.2, -0.15) is 0 Å². The molecule has 0 spiro atoms. The molecule has 0 aliphatic heterocycles. The van der Waals surface area contributed by atoms with Crippen LogP contribution < -0.4 is 0 Å². The van der Waals surface area contributed by atoms with Crippen LogP contribution in [0.3, 0.4) is 0 Å². The molecule has 3 aromatic carbocycles. The minimum Gasteiger partial charge on any atom is -0.235 e. The molecule has 0 fully saturated rings. The van der Waals surface area contributed by atoms with Crippen molar-refractivity contribution in [3.63, 3.8) is 0 Å². The van der Waals surface area contributed by atoms with Crippen molar-refractivity contribution in [3.05, 3.63) is 91.0 Å². The Hall–Kier alpha value is -2.71. The largest absolute Gasteiger partial charge is 0.235 e. The first-order valence-corrected chi connectivity index (χ1v) is 8.40. The average Bonchev–Trinajstić information content (AvgIpc) is 3.09. The van der Waals surface area contributed by atoms with Gasteiger partial charge in [0.15, 0.2) is 0 Å². The lowest BCUT2D eigenvalue weighted by molar-refractivity contribution is 1.40. The van der Waals surface area contributed by atoms with E-state index in [2.05, 4.69) is 72.8 Å². The smallest absolute Gasteiger partial charge is 0.124 e. The molecule has 0 amide bonds. The van der Waals surface area contributed by atoms with Crippen molar-refractivity contribution in [2.75, 3.05) is 0 Å². The van der Waals surface area contributed by atoms with E-state index in [-0.39, 0.29) is 0 Å². The van der Waals surface area contributed by atoms with Crippen LogP contribution in [0.1, 0.15) is 0 Å². The summed E-state index contributed by atoms with van der Waals surface area (Å²) in [6.07, 6.45) is 0. The molecule has 4 aromatic rings. The lowest BCUT2D eigenvalue weighted by Gasteiger charge is -2.02. The first kappa shape index (κ1) is 13.9. The van der Waals surface area contributed by atoms with Gasteiger partial charge in [-0.15, -0.1) is 11.3 Å². The Morgan fingerprint density at radius 3 is 1.57 bits per heavy atom. The maximum absolute atomic E-state index is 4.95. The van der Waals surface area contributed by atoms with Crippen molar-refractivity contribution in [1.82, 2.24) is 4.98 Å². The molecule has 1 nitrogen and oxygen atoms in total. The Morgan fingerprint density at radius 2 is 1.00 bits per heavy atom. The zero-order valence-corrected chi connectivity index (χ0v) is 13.3. The zero-order valence-electron chi connectivity index (χ0n) is 12.5. The quantitative estimate of drug-likeness (QED) is 0.442. The molecule has 0 N–H and O–H groups in total. The highest BCUT2D eigenvalue weighted by atomic mass is 32.1. The Bertz CT molecular complexity index is 840. The molecule has 1 heterocycles. The van der Waals surface area contributed by atoms with Crippen LogP contribution in [0.5, 0.6) is 0 Å². The van der Waals surface area contributed by atoms with Gasteiger partial charge in [0.25, 0.3) is 0 Å². The molecule has 0 radical (unpaired) electrons. The van der Waals surface area contributed by atoms with Crippen molar-refractivity contribution < 1.29 is 0 Å². The summed E-state index contributed by atoms with van der Waals surface area (Å²) in [5, 5.41) is 1.06. The number of benzene rings is 3. The maximum Gasteiger partial charge on any atom is 0.124 e. The Morgan fingerprint density at radius 1 is 0.522 bits per heavy atom. The number of rotatable bonds is 3. The molecule has 0 atom stereocenters. The zero-order chi connectivity index (χ0) is 15.5. The number of aromatic nitrogens is 1. The van der Waals surface area contributed by atoms with Crippen LogP contribution >= 0.6 is 11.3 Å². The number of hydrogen-bond acceptors (Lipinski definition) is 2. The number of thiazole rings is 1. The summed E-state index contributed by atoms with van der Waals surface area (Å²) < 4.78 is 0. The molecule has 23 heavy (non-hydrogen) atoms. The number of nitrogens with zero attached hydrogens (tertiary/aromatic N) is 1.